The van der Waals surface area contributed by atoms with Gasteiger partial charge in [0.15, 0.2) is 10.3 Å². The van der Waals surface area contributed by atoms with Crippen LogP contribution in [0, 0.1) is 0 Å². The number of nitrogens with one attached hydrogen (secondary N) is 2. The molecule has 0 aliphatic carbocycles. The molecule has 1 atom stereocenters. The number of piperidine rings is 1. The van der Waals surface area contributed by atoms with Crippen LogP contribution in [0.3, 0.4) is 0 Å². The summed E-state index contributed by atoms with van der Waals surface area (Å²) in [4.78, 5) is 20.7. The predicted octanol–water partition coefficient (Wildman–Crippen LogP) is 4.83. The van der Waals surface area contributed by atoms with E-state index in [9.17, 15) is 0 Å². The molecule has 2 N–H and O–H groups in total. The van der Waals surface area contributed by atoms with E-state index in [2.05, 4.69) is 62.8 Å². The lowest BCUT2D eigenvalue weighted by Crippen LogP contribution is -2.45. The Bertz CT molecular complexity index is 1180. The van der Waals surface area contributed by atoms with Gasteiger partial charge in [-0.05, 0) is 74.6 Å². The van der Waals surface area contributed by atoms with E-state index in [1.165, 1.54) is 23.7 Å². The Morgan fingerprint density at radius 2 is 1.89 bits per heavy atom. The van der Waals surface area contributed by atoms with Gasteiger partial charge in [-0.1, -0.05) is 30.3 Å². The minimum atomic E-state index is -0.0250. The molecule has 37 heavy (non-hydrogen) atoms. The number of hydrogen-bond acceptors (Lipinski definition) is 8. The number of aromatic nitrogens is 4. The van der Waals surface area contributed by atoms with Crippen LogP contribution < -0.4 is 15.5 Å². The summed E-state index contributed by atoms with van der Waals surface area (Å²) in [5, 5.41) is 8.66. The van der Waals surface area contributed by atoms with Crippen molar-refractivity contribution in [2.75, 3.05) is 36.5 Å². The van der Waals surface area contributed by atoms with E-state index in [-0.39, 0.29) is 5.41 Å². The topological polar surface area (TPSA) is 88.1 Å². The second-order valence-corrected chi connectivity index (χ2v) is 11.0. The lowest BCUT2D eigenvalue weighted by Gasteiger charge is -2.38. The van der Waals surface area contributed by atoms with Gasteiger partial charge in [-0.25, -0.2) is 15.0 Å². The van der Waals surface area contributed by atoms with Crippen LogP contribution in [-0.2, 0) is 10.2 Å². The van der Waals surface area contributed by atoms with Crippen molar-refractivity contribution >= 4 is 40.9 Å². The van der Waals surface area contributed by atoms with Crippen LogP contribution in [-0.4, -0.2) is 57.4 Å². The third-order valence-electron chi connectivity index (χ3n) is 7.17. The number of thiocarbonyl (C=S) groups is 1. The number of nitrogens with zero attached hydrogens (tertiary/aromatic N) is 5. The molecule has 0 amide bonds. The van der Waals surface area contributed by atoms with Crippen molar-refractivity contribution in [1.29, 1.82) is 0 Å². The van der Waals surface area contributed by atoms with E-state index in [0.717, 1.165) is 56.3 Å². The Hall–Kier alpha value is -2.82. The zero-order valence-electron chi connectivity index (χ0n) is 21.1. The third kappa shape index (κ3) is 6.55. The van der Waals surface area contributed by atoms with E-state index in [1.54, 1.807) is 12.4 Å². The number of rotatable bonds is 7. The van der Waals surface area contributed by atoms with Gasteiger partial charge in [0.1, 0.15) is 10.8 Å². The number of anilines is 2. The highest BCUT2D eigenvalue weighted by molar-refractivity contribution is 7.99. The Kier molecular flexibility index (Phi) is 8.48. The second-order valence-electron chi connectivity index (χ2n) is 9.63. The summed E-state index contributed by atoms with van der Waals surface area (Å²) in [6.45, 7) is 5.45. The molecule has 2 aliphatic heterocycles. The minimum Gasteiger partial charge on any atom is -0.381 e. The van der Waals surface area contributed by atoms with Crippen LogP contribution in [0.4, 0.5) is 11.8 Å². The van der Waals surface area contributed by atoms with Gasteiger partial charge in [0.25, 0.3) is 0 Å². The van der Waals surface area contributed by atoms with Gasteiger partial charge < -0.3 is 20.3 Å². The molecule has 1 aromatic carbocycles. The fraction of sp³-hybridized carbons (Fsp3) is 0.444. The van der Waals surface area contributed by atoms with Crippen molar-refractivity contribution < 1.29 is 4.74 Å². The van der Waals surface area contributed by atoms with Gasteiger partial charge in [0.2, 0.25) is 5.95 Å². The van der Waals surface area contributed by atoms with Crippen molar-refractivity contribution in [3.8, 4) is 0 Å². The molecule has 2 aliphatic rings. The quantitative estimate of drug-likeness (QED) is 0.249. The van der Waals surface area contributed by atoms with E-state index in [0.29, 0.717) is 28.8 Å². The largest absolute Gasteiger partial charge is 0.381 e. The van der Waals surface area contributed by atoms with Gasteiger partial charge in [-0.3, -0.25) is 0 Å². The van der Waals surface area contributed by atoms with Gasteiger partial charge >= 0.3 is 0 Å². The maximum atomic E-state index is 5.72. The first kappa shape index (κ1) is 25.8. The first-order valence-corrected chi connectivity index (χ1v) is 14.1. The summed E-state index contributed by atoms with van der Waals surface area (Å²) < 4.78 is 5.68. The number of benzene rings is 1. The lowest BCUT2D eigenvalue weighted by atomic mass is 9.74. The van der Waals surface area contributed by atoms with Crippen molar-refractivity contribution in [3.05, 3.63) is 60.4 Å². The molecule has 0 bridgehead atoms. The van der Waals surface area contributed by atoms with Gasteiger partial charge in [0, 0.05) is 56.2 Å². The highest BCUT2D eigenvalue weighted by atomic mass is 32.2. The number of ether oxygens (including phenoxy) is 1. The van der Waals surface area contributed by atoms with Gasteiger partial charge in [-0.2, -0.15) is 4.98 Å². The van der Waals surface area contributed by atoms with Crippen molar-refractivity contribution in [3.63, 3.8) is 0 Å². The molecule has 194 valence electrons. The smallest absolute Gasteiger partial charge is 0.232 e. The predicted molar refractivity (Wildman–Crippen MR) is 151 cm³/mol. The molecule has 0 spiro atoms. The lowest BCUT2D eigenvalue weighted by molar-refractivity contribution is 0.0515. The number of hydrogen-bond donors (Lipinski definition) is 2. The molecule has 2 fully saturated rings. The molecule has 2 aromatic heterocycles. The van der Waals surface area contributed by atoms with E-state index in [4.69, 9.17) is 26.9 Å². The van der Waals surface area contributed by atoms with Gasteiger partial charge in [0.05, 0.1) is 0 Å². The Balaban J connectivity index is 1.33. The summed E-state index contributed by atoms with van der Waals surface area (Å²) in [5.74, 6) is 1.38. The molecule has 3 aromatic rings. The average molecular weight is 536 g/mol. The molecular formula is C27H33N7OS2. The molecule has 4 heterocycles. The highest BCUT2D eigenvalue weighted by Crippen LogP contribution is 2.34. The first-order valence-electron chi connectivity index (χ1n) is 12.9. The maximum absolute atomic E-state index is 5.72. The fourth-order valence-electron chi connectivity index (χ4n) is 5.05. The maximum Gasteiger partial charge on any atom is 0.232 e. The van der Waals surface area contributed by atoms with Crippen molar-refractivity contribution in [1.82, 2.24) is 25.3 Å². The summed E-state index contributed by atoms with van der Waals surface area (Å²) in [6.07, 6.45) is 8.93. The zero-order valence-corrected chi connectivity index (χ0v) is 22.7. The zero-order chi connectivity index (χ0) is 25.5. The Morgan fingerprint density at radius 1 is 1.11 bits per heavy atom. The van der Waals surface area contributed by atoms with Crippen molar-refractivity contribution in [2.24, 2.45) is 0 Å². The Morgan fingerprint density at radius 3 is 2.65 bits per heavy atom. The molecule has 0 saturated carbocycles. The monoisotopic (exact) mass is 535 g/mol. The molecule has 0 radical (unpaired) electrons. The average Bonchev–Trinajstić information content (AvgIpc) is 2.94. The van der Waals surface area contributed by atoms with Crippen LogP contribution in [0.25, 0.3) is 0 Å². The Labute approximate surface area is 228 Å². The van der Waals surface area contributed by atoms with Crippen LogP contribution in [0.1, 0.15) is 44.6 Å². The summed E-state index contributed by atoms with van der Waals surface area (Å²) in [5.41, 5.74) is 1.29. The molecule has 0 unspecified atom stereocenters. The molecule has 10 heteroatoms. The van der Waals surface area contributed by atoms with Crippen molar-refractivity contribution in [2.45, 2.75) is 60.7 Å². The van der Waals surface area contributed by atoms with E-state index < -0.39 is 0 Å². The van der Waals surface area contributed by atoms with Crippen LogP contribution in [0.2, 0.25) is 0 Å². The normalized spacial score (nSPS) is 19.3. The summed E-state index contributed by atoms with van der Waals surface area (Å²) in [7, 11) is 0. The third-order valence-corrected chi connectivity index (χ3v) is 8.23. The second kappa shape index (κ2) is 12.1. The molecule has 2 saturated heterocycles. The summed E-state index contributed by atoms with van der Waals surface area (Å²) >= 11 is 7.14. The molecule has 5 rings (SSSR count). The fourth-order valence-corrected chi connectivity index (χ4v) is 5.93. The highest BCUT2D eigenvalue weighted by Gasteiger charge is 2.34. The molecule has 8 nitrogen and oxygen atoms in total. The minimum absolute atomic E-state index is 0.0250. The van der Waals surface area contributed by atoms with E-state index in [1.807, 2.05) is 12.1 Å². The van der Waals surface area contributed by atoms with Crippen LogP contribution >= 0.6 is 24.0 Å². The van der Waals surface area contributed by atoms with Crippen LogP contribution in [0.5, 0.6) is 0 Å². The van der Waals surface area contributed by atoms with Crippen LogP contribution in [0.15, 0.2) is 65.0 Å². The standard InChI is InChI=1S/C27H33N7OS2/c1-20-8-5-6-15-34(20)22-18-23(37-26-28-13-7-14-29-26)32-24(31-22)33-25(36)30-19-27(11-16-35-17-12-27)21-9-3-2-4-10-21/h2-4,7,9-10,13-14,18,20H,5-6,8,11-12,15-17,19H2,1H3,(H2,30,31,32,33,36)/t20-/m1/s1. The van der Waals surface area contributed by atoms with Gasteiger partial charge in [-0.15, -0.1) is 0 Å². The van der Waals surface area contributed by atoms with E-state index >= 15 is 0 Å². The SMILES string of the molecule is C[C@@H]1CCCCN1c1cc(Sc2ncccn2)nc(NC(=S)NCC2(c3ccccc3)CCOCC2)n1. The first-order chi connectivity index (χ1) is 18.1. The molecular weight excluding hydrogens is 502 g/mol. The summed E-state index contributed by atoms with van der Waals surface area (Å²) in [6, 6.07) is 14.9.